The van der Waals surface area contributed by atoms with Crippen LogP contribution in [-0.2, 0) is 0 Å². The number of furan rings is 1. The van der Waals surface area contributed by atoms with E-state index >= 15 is 0 Å². The summed E-state index contributed by atoms with van der Waals surface area (Å²) in [6, 6.07) is 9.16. The van der Waals surface area contributed by atoms with Gasteiger partial charge in [-0.25, -0.2) is 0 Å². The molecule has 0 aromatic carbocycles. The number of hydrogen-bond acceptors (Lipinski definition) is 5. The Morgan fingerprint density at radius 3 is 2.95 bits per heavy atom. The highest BCUT2D eigenvalue weighted by molar-refractivity contribution is 7.12. The third-order valence-electron chi connectivity index (χ3n) is 2.95. The SMILES string of the molecule is O=C(NCC(O)c1cc(-c2ccco2)cs1)c1cccs1. The Labute approximate surface area is 129 Å². The first-order valence-electron chi connectivity index (χ1n) is 6.36. The lowest BCUT2D eigenvalue weighted by atomic mass is 10.2. The zero-order chi connectivity index (χ0) is 14.7. The molecule has 2 N–H and O–H groups in total. The molecule has 0 aliphatic heterocycles. The first-order valence-corrected chi connectivity index (χ1v) is 8.12. The second-order valence-corrected chi connectivity index (χ2v) is 6.31. The van der Waals surface area contributed by atoms with Gasteiger partial charge in [-0.1, -0.05) is 6.07 Å². The molecule has 3 heterocycles. The van der Waals surface area contributed by atoms with Gasteiger partial charge in [0.2, 0.25) is 0 Å². The van der Waals surface area contributed by atoms with Crippen LogP contribution in [0.5, 0.6) is 0 Å². The van der Waals surface area contributed by atoms with Crippen LogP contribution in [0.3, 0.4) is 0 Å². The molecule has 6 heteroatoms. The van der Waals surface area contributed by atoms with Gasteiger partial charge < -0.3 is 14.8 Å². The number of nitrogens with one attached hydrogen (secondary N) is 1. The number of hydrogen-bond donors (Lipinski definition) is 2. The maximum Gasteiger partial charge on any atom is 0.261 e. The zero-order valence-electron chi connectivity index (χ0n) is 11.0. The monoisotopic (exact) mass is 319 g/mol. The van der Waals surface area contributed by atoms with E-state index in [1.54, 1.807) is 12.3 Å². The Bertz CT molecular complexity index is 701. The second kappa shape index (κ2) is 6.26. The van der Waals surface area contributed by atoms with Gasteiger partial charge in [-0.05, 0) is 29.6 Å². The fourth-order valence-corrected chi connectivity index (χ4v) is 3.41. The van der Waals surface area contributed by atoms with Gasteiger partial charge >= 0.3 is 0 Å². The predicted octanol–water partition coefficient (Wildman–Crippen LogP) is 3.53. The second-order valence-electron chi connectivity index (χ2n) is 4.42. The molecule has 4 nitrogen and oxygen atoms in total. The van der Waals surface area contributed by atoms with Crippen LogP contribution in [0, 0.1) is 0 Å². The van der Waals surface area contributed by atoms with Gasteiger partial charge in [0, 0.05) is 22.4 Å². The van der Waals surface area contributed by atoms with Gasteiger partial charge in [0.1, 0.15) is 11.9 Å². The highest BCUT2D eigenvalue weighted by atomic mass is 32.1. The van der Waals surface area contributed by atoms with Crippen molar-refractivity contribution in [3.8, 4) is 11.3 Å². The predicted molar refractivity (Wildman–Crippen MR) is 83.6 cm³/mol. The molecule has 1 atom stereocenters. The summed E-state index contributed by atoms with van der Waals surface area (Å²) in [7, 11) is 0. The van der Waals surface area contributed by atoms with E-state index in [1.807, 2.05) is 35.0 Å². The first kappa shape index (κ1) is 14.1. The number of aliphatic hydroxyl groups excluding tert-OH is 1. The third kappa shape index (κ3) is 3.24. The summed E-state index contributed by atoms with van der Waals surface area (Å²) in [4.78, 5) is 13.3. The molecular weight excluding hydrogens is 306 g/mol. The smallest absolute Gasteiger partial charge is 0.261 e. The molecule has 0 aliphatic carbocycles. The number of carbonyl (C=O) groups excluding carboxylic acids is 1. The van der Waals surface area contributed by atoms with Gasteiger partial charge in [-0.3, -0.25) is 4.79 Å². The van der Waals surface area contributed by atoms with Gasteiger partial charge in [0.25, 0.3) is 5.91 Å². The minimum Gasteiger partial charge on any atom is -0.464 e. The highest BCUT2D eigenvalue weighted by Crippen LogP contribution is 2.29. The minimum absolute atomic E-state index is 0.160. The van der Waals surface area contributed by atoms with Crippen LogP contribution in [-0.4, -0.2) is 17.6 Å². The molecule has 21 heavy (non-hydrogen) atoms. The highest BCUT2D eigenvalue weighted by Gasteiger charge is 2.14. The average molecular weight is 319 g/mol. The van der Waals surface area contributed by atoms with Crippen LogP contribution in [0.25, 0.3) is 11.3 Å². The van der Waals surface area contributed by atoms with E-state index in [4.69, 9.17) is 4.42 Å². The van der Waals surface area contributed by atoms with Gasteiger partial charge in [-0.2, -0.15) is 0 Å². The lowest BCUT2D eigenvalue weighted by molar-refractivity contribution is 0.0922. The molecule has 0 saturated heterocycles. The maximum absolute atomic E-state index is 11.8. The minimum atomic E-state index is -0.720. The lowest BCUT2D eigenvalue weighted by Crippen LogP contribution is -2.27. The molecular formula is C15H13NO3S2. The molecule has 3 aromatic rings. The summed E-state index contributed by atoms with van der Waals surface area (Å²) in [5, 5.41) is 16.7. The van der Waals surface area contributed by atoms with Crippen LogP contribution in [0.4, 0.5) is 0 Å². The van der Waals surface area contributed by atoms with E-state index in [1.165, 1.54) is 22.7 Å². The molecule has 3 rings (SSSR count). The van der Waals surface area contributed by atoms with Gasteiger partial charge in [0.05, 0.1) is 11.1 Å². The summed E-state index contributed by atoms with van der Waals surface area (Å²) in [5.74, 6) is 0.610. The summed E-state index contributed by atoms with van der Waals surface area (Å²) >= 11 is 2.82. The Morgan fingerprint density at radius 1 is 1.33 bits per heavy atom. The fraction of sp³-hybridized carbons (Fsp3) is 0.133. The van der Waals surface area contributed by atoms with Crippen LogP contribution >= 0.6 is 22.7 Å². The van der Waals surface area contributed by atoms with E-state index in [0.29, 0.717) is 4.88 Å². The van der Waals surface area contributed by atoms with Crippen molar-refractivity contribution in [3.05, 3.63) is 57.1 Å². The van der Waals surface area contributed by atoms with Crippen LogP contribution in [0.2, 0.25) is 0 Å². The van der Waals surface area contributed by atoms with E-state index in [9.17, 15) is 9.90 Å². The average Bonchev–Trinajstić information content (AvgIpc) is 3.25. The van der Waals surface area contributed by atoms with E-state index in [0.717, 1.165) is 16.2 Å². The molecule has 0 fully saturated rings. The van der Waals surface area contributed by atoms with Crippen molar-refractivity contribution in [1.82, 2.24) is 5.32 Å². The molecule has 1 unspecified atom stereocenters. The van der Waals surface area contributed by atoms with E-state index in [-0.39, 0.29) is 12.5 Å². The topological polar surface area (TPSA) is 62.5 Å². The standard InChI is InChI=1S/C15H13NO3S2/c17-11(8-16-15(18)13-4-2-6-20-13)14-7-10(9-21-14)12-3-1-5-19-12/h1-7,9,11,17H,8H2,(H,16,18). The van der Waals surface area contributed by atoms with Crippen molar-refractivity contribution < 1.29 is 14.3 Å². The summed E-state index contributed by atoms with van der Waals surface area (Å²) < 4.78 is 5.32. The van der Waals surface area contributed by atoms with E-state index in [2.05, 4.69) is 5.32 Å². The maximum atomic E-state index is 11.8. The van der Waals surface area contributed by atoms with Crippen LogP contribution in [0.1, 0.15) is 20.7 Å². The largest absolute Gasteiger partial charge is 0.464 e. The number of aliphatic hydroxyl groups is 1. The van der Waals surface area contributed by atoms with E-state index < -0.39 is 6.10 Å². The van der Waals surface area contributed by atoms with Crippen LogP contribution < -0.4 is 5.32 Å². The summed E-state index contributed by atoms with van der Waals surface area (Å²) in [6.07, 6.45) is 0.896. The Balaban J connectivity index is 1.61. The molecule has 1 amide bonds. The fourth-order valence-electron chi connectivity index (χ4n) is 1.88. The van der Waals surface area contributed by atoms with Crippen molar-refractivity contribution in [2.75, 3.05) is 6.54 Å². The molecule has 0 radical (unpaired) electrons. The Morgan fingerprint density at radius 2 is 2.24 bits per heavy atom. The third-order valence-corrected chi connectivity index (χ3v) is 4.86. The normalized spacial score (nSPS) is 12.2. The van der Waals surface area contributed by atoms with Crippen molar-refractivity contribution >= 4 is 28.6 Å². The summed E-state index contributed by atoms with van der Waals surface area (Å²) in [6.45, 7) is 0.189. The quantitative estimate of drug-likeness (QED) is 0.756. The Hall–Kier alpha value is -1.89. The molecule has 3 aromatic heterocycles. The van der Waals surface area contributed by atoms with Crippen LogP contribution in [0.15, 0.2) is 51.8 Å². The first-order chi connectivity index (χ1) is 10.2. The molecule has 0 saturated carbocycles. The number of amides is 1. The lowest BCUT2D eigenvalue weighted by Gasteiger charge is -2.09. The number of rotatable bonds is 5. The van der Waals surface area contributed by atoms with Gasteiger partial charge in [0.15, 0.2) is 0 Å². The van der Waals surface area contributed by atoms with Crippen molar-refractivity contribution in [1.29, 1.82) is 0 Å². The van der Waals surface area contributed by atoms with Gasteiger partial charge in [-0.15, -0.1) is 22.7 Å². The molecule has 0 spiro atoms. The van der Waals surface area contributed by atoms with Crippen molar-refractivity contribution in [2.45, 2.75) is 6.10 Å². The summed E-state index contributed by atoms with van der Waals surface area (Å²) in [5.41, 5.74) is 0.934. The molecule has 0 aliphatic rings. The molecule has 108 valence electrons. The van der Waals surface area contributed by atoms with Crippen molar-refractivity contribution in [2.24, 2.45) is 0 Å². The molecule has 0 bridgehead atoms. The van der Waals surface area contributed by atoms with Crippen molar-refractivity contribution in [3.63, 3.8) is 0 Å². The Kier molecular flexibility index (Phi) is 4.19. The number of thiophene rings is 2. The zero-order valence-corrected chi connectivity index (χ0v) is 12.6. The number of carbonyl (C=O) groups is 1.